The number of aromatic nitrogens is 1. The SMILES string of the molecule is CNCc1ccccc1CN(CC(=O)Nc1ccc2c(c1)C[C@H](C(=O)Nc1ccccn1)C2)C(=O)C1(C)CCN(Cc2ccccc2)CC1. The first kappa shape index (κ1) is 34.0. The zero-order valence-corrected chi connectivity index (χ0v) is 28.5. The Morgan fingerprint density at radius 1 is 0.857 bits per heavy atom. The summed E-state index contributed by atoms with van der Waals surface area (Å²) in [6.07, 6.45) is 4.34. The molecule has 1 atom stereocenters. The zero-order valence-electron chi connectivity index (χ0n) is 28.5. The molecule has 49 heavy (non-hydrogen) atoms. The maximum atomic E-state index is 14.4. The number of hydrogen-bond donors (Lipinski definition) is 3. The number of fused-ring (bicyclic) bond motifs is 1. The minimum atomic E-state index is -0.566. The minimum Gasteiger partial charge on any atom is -0.329 e. The van der Waals surface area contributed by atoms with Gasteiger partial charge in [-0.1, -0.05) is 73.7 Å². The molecule has 4 aromatic rings. The van der Waals surface area contributed by atoms with Gasteiger partial charge in [0.05, 0.1) is 0 Å². The number of piperidine rings is 1. The Labute approximate surface area is 289 Å². The molecule has 1 fully saturated rings. The number of rotatable bonds is 12. The van der Waals surface area contributed by atoms with Crippen molar-refractivity contribution in [1.29, 1.82) is 0 Å². The first-order valence-corrected chi connectivity index (χ1v) is 17.2. The van der Waals surface area contributed by atoms with Gasteiger partial charge in [-0.2, -0.15) is 0 Å². The normalized spacial score (nSPS) is 16.8. The zero-order chi connectivity index (χ0) is 34.2. The van der Waals surface area contributed by atoms with Gasteiger partial charge in [-0.25, -0.2) is 4.98 Å². The summed E-state index contributed by atoms with van der Waals surface area (Å²) in [4.78, 5) is 49.3. The van der Waals surface area contributed by atoms with Gasteiger partial charge < -0.3 is 20.9 Å². The molecule has 1 aromatic heterocycles. The molecular weight excluding hydrogens is 612 g/mol. The van der Waals surface area contributed by atoms with Crippen LogP contribution < -0.4 is 16.0 Å². The number of nitrogens with zero attached hydrogens (tertiary/aromatic N) is 3. The molecule has 1 aliphatic carbocycles. The van der Waals surface area contributed by atoms with E-state index in [9.17, 15) is 14.4 Å². The van der Waals surface area contributed by atoms with Gasteiger partial charge in [0.1, 0.15) is 12.4 Å². The molecule has 3 N–H and O–H groups in total. The van der Waals surface area contributed by atoms with Crippen molar-refractivity contribution >= 4 is 29.2 Å². The van der Waals surface area contributed by atoms with Crippen molar-refractivity contribution in [2.75, 3.05) is 37.3 Å². The minimum absolute atomic E-state index is 0.0111. The third-order valence-corrected chi connectivity index (χ3v) is 9.90. The van der Waals surface area contributed by atoms with Crippen LogP contribution in [-0.2, 0) is 46.9 Å². The lowest BCUT2D eigenvalue weighted by Gasteiger charge is -2.41. The first-order valence-electron chi connectivity index (χ1n) is 17.2. The molecule has 9 heteroatoms. The van der Waals surface area contributed by atoms with E-state index in [2.05, 4.69) is 63.1 Å². The number of carbonyl (C=O) groups excluding carboxylic acids is 3. The third-order valence-electron chi connectivity index (χ3n) is 9.90. The molecule has 0 bridgehead atoms. The molecule has 2 heterocycles. The van der Waals surface area contributed by atoms with Crippen molar-refractivity contribution in [2.24, 2.45) is 11.3 Å². The lowest BCUT2D eigenvalue weighted by molar-refractivity contribution is -0.146. The molecule has 1 saturated heterocycles. The second-order valence-corrected chi connectivity index (χ2v) is 13.6. The Kier molecular flexibility index (Phi) is 10.8. The van der Waals surface area contributed by atoms with Crippen LogP contribution in [0.15, 0.2) is 97.2 Å². The molecule has 1 aliphatic heterocycles. The van der Waals surface area contributed by atoms with Crippen LogP contribution in [0.4, 0.5) is 11.5 Å². The average molecular weight is 659 g/mol. The molecular formula is C40H46N6O3. The Morgan fingerprint density at radius 3 is 2.31 bits per heavy atom. The highest BCUT2D eigenvalue weighted by Gasteiger charge is 2.40. The highest BCUT2D eigenvalue weighted by molar-refractivity contribution is 5.96. The van der Waals surface area contributed by atoms with Crippen molar-refractivity contribution in [3.05, 3.63) is 125 Å². The fraction of sp³-hybridized carbons (Fsp3) is 0.350. The van der Waals surface area contributed by atoms with Gasteiger partial charge >= 0.3 is 0 Å². The summed E-state index contributed by atoms with van der Waals surface area (Å²) < 4.78 is 0. The van der Waals surface area contributed by atoms with Crippen molar-refractivity contribution in [3.63, 3.8) is 0 Å². The monoisotopic (exact) mass is 658 g/mol. The number of hydrogen-bond acceptors (Lipinski definition) is 6. The average Bonchev–Trinajstić information content (AvgIpc) is 3.54. The first-order chi connectivity index (χ1) is 23.8. The summed E-state index contributed by atoms with van der Waals surface area (Å²) in [6.45, 7) is 5.54. The summed E-state index contributed by atoms with van der Waals surface area (Å²) in [7, 11) is 1.91. The van der Waals surface area contributed by atoms with Crippen molar-refractivity contribution < 1.29 is 14.4 Å². The number of benzene rings is 3. The molecule has 0 unspecified atom stereocenters. The molecule has 3 aromatic carbocycles. The Hall–Kier alpha value is -4.86. The number of nitrogens with one attached hydrogen (secondary N) is 3. The smallest absolute Gasteiger partial charge is 0.244 e. The lowest BCUT2D eigenvalue weighted by Crippen LogP contribution is -2.50. The van der Waals surface area contributed by atoms with E-state index in [1.807, 2.05) is 61.6 Å². The van der Waals surface area contributed by atoms with Crippen LogP contribution in [0, 0.1) is 11.3 Å². The van der Waals surface area contributed by atoms with Crippen LogP contribution in [0.2, 0.25) is 0 Å². The standard InChI is InChI=1S/C40H46N6O3/c1-40(17-20-45(21-18-40)26-29-10-4-3-5-11-29)39(49)46(27-32-13-7-6-12-31(32)25-41-2)28-37(47)43-35-16-15-30-22-34(23-33(30)24-35)38(48)44-36-14-8-9-19-42-36/h3-16,19,24,34,41H,17-18,20-23,25-28H2,1-2H3,(H,43,47)(H,42,44,48)/t34-/m1/s1. The van der Waals surface area contributed by atoms with E-state index < -0.39 is 5.41 Å². The molecule has 2 aliphatic rings. The van der Waals surface area contributed by atoms with E-state index in [-0.39, 0.29) is 30.2 Å². The van der Waals surface area contributed by atoms with Gasteiger partial charge in [-0.3, -0.25) is 19.3 Å². The van der Waals surface area contributed by atoms with Gasteiger partial charge in [-0.15, -0.1) is 0 Å². The second-order valence-electron chi connectivity index (χ2n) is 13.6. The van der Waals surface area contributed by atoms with Crippen LogP contribution >= 0.6 is 0 Å². The maximum absolute atomic E-state index is 14.4. The second kappa shape index (κ2) is 15.6. The quantitative estimate of drug-likeness (QED) is 0.188. The van der Waals surface area contributed by atoms with E-state index in [1.54, 1.807) is 17.2 Å². The van der Waals surface area contributed by atoms with Gasteiger partial charge in [0, 0.05) is 42.9 Å². The maximum Gasteiger partial charge on any atom is 0.244 e. The number of anilines is 2. The highest BCUT2D eigenvalue weighted by atomic mass is 16.2. The van der Waals surface area contributed by atoms with E-state index >= 15 is 0 Å². The lowest BCUT2D eigenvalue weighted by atomic mass is 9.78. The van der Waals surface area contributed by atoms with Gasteiger partial charge in [0.2, 0.25) is 17.7 Å². The van der Waals surface area contributed by atoms with Crippen molar-refractivity contribution in [3.8, 4) is 0 Å². The van der Waals surface area contributed by atoms with Crippen molar-refractivity contribution in [1.82, 2.24) is 20.1 Å². The fourth-order valence-corrected chi connectivity index (χ4v) is 7.04. The number of amides is 3. The Morgan fingerprint density at radius 2 is 1.57 bits per heavy atom. The highest BCUT2D eigenvalue weighted by Crippen LogP contribution is 2.35. The van der Waals surface area contributed by atoms with Crippen LogP contribution in [0.5, 0.6) is 0 Å². The Balaban J connectivity index is 1.12. The fourth-order valence-electron chi connectivity index (χ4n) is 7.04. The van der Waals surface area contributed by atoms with Crippen LogP contribution in [0.3, 0.4) is 0 Å². The summed E-state index contributed by atoms with van der Waals surface area (Å²) in [5, 5.41) is 9.18. The van der Waals surface area contributed by atoms with E-state index in [0.717, 1.165) is 54.7 Å². The number of pyridine rings is 1. The molecule has 0 radical (unpaired) electrons. The summed E-state index contributed by atoms with van der Waals surface area (Å²) >= 11 is 0. The van der Waals surface area contributed by atoms with Crippen LogP contribution in [0.25, 0.3) is 0 Å². The molecule has 6 rings (SSSR count). The van der Waals surface area contributed by atoms with Crippen LogP contribution in [-0.4, -0.2) is 59.2 Å². The predicted molar refractivity (Wildman–Crippen MR) is 193 cm³/mol. The van der Waals surface area contributed by atoms with E-state index in [4.69, 9.17) is 0 Å². The van der Waals surface area contributed by atoms with Gasteiger partial charge in [0.15, 0.2) is 0 Å². The Bertz CT molecular complexity index is 1750. The molecule has 3 amide bonds. The molecule has 9 nitrogen and oxygen atoms in total. The molecule has 0 spiro atoms. The third kappa shape index (κ3) is 8.60. The van der Waals surface area contributed by atoms with Gasteiger partial charge in [0.25, 0.3) is 0 Å². The van der Waals surface area contributed by atoms with Gasteiger partial charge in [-0.05, 0) is 97.9 Å². The largest absolute Gasteiger partial charge is 0.329 e. The topological polar surface area (TPSA) is 107 Å². The number of likely N-dealkylation sites (tertiary alicyclic amines) is 1. The molecule has 0 saturated carbocycles. The van der Waals surface area contributed by atoms with E-state index in [1.165, 1.54) is 5.56 Å². The summed E-state index contributed by atoms with van der Waals surface area (Å²) in [6, 6.07) is 29.8. The number of carbonyl (C=O) groups is 3. The summed E-state index contributed by atoms with van der Waals surface area (Å²) in [5.74, 6) is 0.0424. The molecule has 254 valence electrons. The van der Waals surface area contributed by atoms with E-state index in [0.29, 0.717) is 37.4 Å². The van der Waals surface area contributed by atoms with Crippen LogP contribution in [0.1, 0.15) is 47.6 Å². The summed E-state index contributed by atoms with van der Waals surface area (Å²) in [5.41, 5.74) is 5.64. The predicted octanol–water partition coefficient (Wildman–Crippen LogP) is 5.42. The van der Waals surface area contributed by atoms with Crippen molar-refractivity contribution in [2.45, 2.75) is 52.2 Å².